The van der Waals surface area contributed by atoms with Crippen molar-refractivity contribution in [3.8, 4) is 0 Å². The molecule has 1 fully saturated rings. The predicted octanol–water partition coefficient (Wildman–Crippen LogP) is -0.336. The van der Waals surface area contributed by atoms with Gasteiger partial charge in [0.05, 0.1) is 12.7 Å². The van der Waals surface area contributed by atoms with Crippen molar-refractivity contribution in [2.24, 2.45) is 7.05 Å². The molecule has 1 aliphatic rings. The van der Waals surface area contributed by atoms with Crippen molar-refractivity contribution in [2.75, 3.05) is 32.4 Å². The van der Waals surface area contributed by atoms with Crippen molar-refractivity contribution in [2.45, 2.75) is 18.2 Å². The Morgan fingerprint density at radius 1 is 1.28 bits per heavy atom. The van der Waals surface area contributed by atoms with E-state index in [1.807, 2.05) is 0 Å². The molecule has 2 rings (SSSR count). The van der Waals surface area contributed by atoms with E-state index in [0.29, 0.717) is 0 Å². The Hall–Kier alpha value is -1.66. The second-order valence-corrected chi connectivity index (χ2v) is 7.92. The van der Waals surface area contributed by atoms with Crippen LogP contribution in [0.4, 0.5) is 13.2 Å². The first kappa shape index (κ1) is 19.7. The number of aryl methyl sites for hydroxylation is 1. The van der Waals surface area contributed by atoms with E-state index in [0.717, 1.165) is 26.2 Å². The summed E-state index contributed by atoms with van der Waals surface area (Å²) in [6.45, 7) is -0.0876. The second kappa shape index (κ2) is 6.57. The lowest BCUT2D eigenvalue weighted by Gasteiger charge is -2.36. The normalized spacial score (nSPS) is 19.7. The molecular formula is C13H19F3N4O4S. The SMILES string of the molecule is Cn1ccnc1[C@@](O)(CC(=O)N1CCN(S(C)(=O)=O)CC1)C(F)(F)F. The lowest BCUT2D eigenvalue weighted by atomic mass is 9.96. The Morgan fingerprint density at radius 2 is 1.84 bits per heavy atom. The average molecular weight is 384 g/mol. The molecule has 1 aromatic heterocycles. The predicted molar refractivity (Wildman–Crippen MR) is 80.8 cm³/mol. The van der Waals surface area contributed by atoms with Crippen LogP contribution in [0.5, 0.6) is 0 Å². The van der Waals surface area contributed by atoms with Gasteiger partial charge in [0, 0.05) is 45.6 Å². The average Bonchev–Trinajstić information content (AvgIpc) is 2.92. The molecule has 0 unspecified atom stereocenters. The highest BCUT2D eigenvalue weighted by atomic mass is 32.2. The van der Waals surface area contributed by atoms with Gasteiger partial charge in [0.25, 0.3) is 0 Å². The molecule has 0 spiro atoms. The van der Waals surface area contributed by atoms with Gasteiger partial charge in [-0.25, -0.2) is 13.4 Å². The third-order valence-corrected chi connectivity index (χ3v) is 5.43. The van der Waals surface area contributed by atoms with Gasteiger partial charge >= 0.3 is 6.18 Å². The summed E-state index contributed by atoms with van der Waals surface area (Å²) in [6, 6.07) is 0. The molecule has 1 aliphatic heterocycles. The van der Waals surface area contributed by atoms with Crippen LogP contribution >= 0.6 is 0 Å². The van der Waals surface area contributed by atoms with Crippen LogP contribution in [0, 0.1) is 0 Å². The molecular weight excluding hydrogens is 365 g/mol. The quantitative estimate of drug-likeness (QED) is 0.767. The number of hydrogen-bond acceptors (Lipinski definition) is 5. The summed E-state index contributed by atoms with van der Waals surface area (Å²) < 4.78 is 65.3. The summed E-state index contributed by atoms with van der Waals surface area (Å²) in [5.74, 6) is -1.60. The smallest absolute Gasteiger partial charge is 0.374 e. The molecule has 0 aliphatic carbocycles. The molecule has 0 aromatic carbocycles. The van der Waals surface area contributed by atoms with Gasteiger partial charge in [-0.05, 0) is 0 Å². The Kier molecular flexibility index (Phi) is 5.17. The van der Waals surface area contributed by atoms with Gasteiger partial charge in [-0.1, -0.05) is 0 Å². The van der Waals surface area contributed by atoms with Crippen molar-refractivity contribution in [3.63, 3.8) is 0 Å². The van der Waals surface area contributed by atoms with Gasteiger partial charge < -0.3 is 14.6 Å². The minimum Gasteiger partial charge on any atom is -0.374 e. The van der Waals surface area contributed by atoms with E-state index < -0.39 is 40.0 Å². The summed E-state index contributed by atoms with van der Waals surface area (Å²) in [4.78, 5) is 16.9. The maximum Gasteiger partial charge on any atom is 0.425 e. The molecule has 1 aromatic rings. The lowest BCUT2D eigenvalue weighted by Crippen LogP contribution is -2.53. The zero-order valence-electron chi connectivity index (χ0n) is 13.7. The van der Waals surface area contributed by atoms with E-state index in [1.54, 1.807) is 0 Å². The number of sulfonamides is 1. The molecule has 0 radical (unpaired) electrons. The molecule has 1 amide bonds. The van der Waals surface area contributed by atoms with Crippen molar-refractivity contribution in [1.29, 1.82) is 0 Å². The Bertz CT molecular complexity index is 741. The highest BCUT2D eigenvalue weighted by molar-refractivity contribution is 7.88. The van der Waals surface area contributed by atoms with Gasteiger partial charge in [0.15, 0.2) is 5.82 Å². The van der Waals surface area contributed by atoms with Gasteiger partial charge in [-0.15, -0.1) is 0 Å². The van der Waals surface area contributed by atoms with E-state index in [-0.39, 0.29) is 26.2 Å². The fraction of sp³-hybridized carbons (Fsp3) is 0.692. The highest BCUT2D eigenvalue weighted by Crippen LogP contribution is 2.41. The molecule has 1 N–H and O–H groups in total. The number of imidazole rings is 1. The summed E-state index contributed by atoms with van der Waals surface area (Å²) >= 11 is 0. The fourth-order valence-electron chi connectivity index (χ4n) is 2.67. The van der Waals surface area contributed by atoms with Crippen molar-refractivity contribution >= 4 is 15.9 Å². The van der Waals surface area contributed by atoms with Gasteiger partial charge in [-0.3, -0.25) is 4.79 Å². The van der Waals surface area contributed by atoms with Crippen molar-refractivity contribution < 1.29 is 31.5 Å². The topological polar surface area (TPSA) is 95.7 Å². The summed E-state index contributed by atoms with van der Waals surface area (Å²) in [5.41, 5.74) is -3.42. The number of carbonyl (C=O) groups excluding carboxylic acids is 1. The van der Waals surface area contributed by atoms with Crippen LogP contribution in [0.2, 0.25) is 0 Å². The Balaban J connectivity index is 2.16. The standard InChI is InChI=1S/C13H19F3N4O4S/c1-18-4-3-17-11(18)12(22,13(14,15)16)9-10(21)19-5-7-20(8-6-19)25(2,23)24/h3-4,22H,5-9H2,1-2H3/t12-/m0/s1. The number of carbonyl (C=O) groups is 1. The summed E-state index contributed by atoms with van der Waals surface area (Å²) in [6.07, 6.45) is -2.96. The Morgan fingerprint density at radius 3 is 2.24 bits per heavy atom. The molecule has 0 bridgehead atoms. The van der Waals surface area contributed by atoms with Crippen molar-refractivity contribution in [1.82, 2.24) is 18.8 Å². The molecule has 25 heavy (non-hydrogen) atoms. The van der Waals surface area contributed by atoms with Gasteiger partial charge in [-0.2, -0.15) is 17.5 Å². The molecule has 0 saturated carbocycles. The lowest BCUT2D eigenvalue weighted by molar-refractivity contribution is -0.272. The highest BCUT2D eigenvalue weighted by Gasteiger charge is 2.59. The number of alkyl halides is 3. The zero-order valence-corrected chi connectivity index (χ0v) is 14.5. The van der Waals surface area contributed by atoms with E-state index in [9.17, 15) is 31.5 Å². The van der Waals surface area contributed by atoms with Crippen molar-refractivity contribution in [3.05, 3.63) is 18.2 Å². The first-order chi connectivity index (χ1) is 11.4. The minimum absolute atomic E-state index is 0.00256. The molecule has 1 atom stereocenters. The number of aromatic nitrogens is 2. The zero-order chi connectivity index (χ0) is 19.0. The van der Waals surface area contributed by atoms with Crippen LogP contribution in [0.15, 0.2) is 12.4 Å². The minimum atomic E-state index is -5.10. The molecule has 12 heteroatoms. The van der Waals surface area contributed by atoms with Crippen LogP contribution in [0.3, 0.4) is 0 Å². The Labute approximate surface area is 142 Å². The molecule has 8 nitrogen and oxygen atoms in total. The molecule has 2 heterocycles. The number of piperazine rings is 1. The molecule has 142 valence electrons. The number of hydrogen-bond donors (Lipinski definition) is 1. The largest absolute Gasteiger partial charge is 0.425 e. The number of rotatable bonds is 4. The van der Waals surface area contributed by atoms with Crippen LogP contribution in [0.25, 0.3) is 0 Å². The van der Waals surface area contributed by atoms with Crippen LogP contribution in [-0.2, 0) is 27.5 Å². The summed E-state index contributed by atoms with van der Waals surface area (Å²) in [5, 5.41) is 10.2. The van der Waals surface area contributed by atoms with Gasteiger partial charge in [0.2, 0.25) is 21.5 Å². The summed E-state index contributed by atoms with van der Waals surface area (Å²) in [7, 11) is -2.14. The number of amides is 1. The van der Waals surface area contributed by atoms with Gasteiger partial charge in [0.1, 0.15) is 0 Å². The maximum absolute atomic E-state index is 13.4. The first-order valence-corrected chi connectivity index (χ1v) is 9.21. The molecule has 1 saturated heterocycles. The van der Waals surface area contributed by atoms with Crippen LogP contribution in [-0.4, -0.2) is 76.8 Å². The van der Waals surface area contributed by atoms with Crippen LogP contribution < -0.4 is 0 Å². The second-order valence-electron chi connectivity index (χ2n) is 5.94. The van der Waals surface area contributed by atoms with E-state index in [2.05, 4.69) is 4.98 Å². The fourth-order valence-corrected chi connectivity index (χ4v) is 3.50. The van der Waals surface area contributed by atoms with E-state index in [4.69, 9.17) is 0 Å². The third kappa shape index (κ3) is 3.96. The number of nitrogens with zero attached hydrogens (tertiary/aromatic N) is 4. The van der Waals surface area contributed by atoms with Crippen LogP contribution in [0.1, 0.15) is 12.2 Å². The van der Waals surface area contributed by atoms with E-state index in [1.165, 1.54) is 13.2 Å². The third-order valence-electron chi connectivity index (χ3n) is 4.13. The number of aliphatic hydroxyl groups is 1. The monoisotopic (exact) mass is 384 g/mol. The maximum atomic E-state index is 13.4. The first-order valence-electron chi connectivity index (χ1n) is 7.36. The number of halogens is 3. The van der Waals surface area contributed by atoms with E-state index >= 15 is 0 Å².